The molecule has 0 saturated carbocycles. The first-order valence-electron chi connectivity index (χ1n) is 17.0. The van der Waals surface area contributed by atoms with Crippen molar-refractivity contribution >= 4 is 34.0 Å². The number of nitriles is 2. The summed E-state index contributed by atoms with van der Waals surface area (Å²) in [5, 5.41) is 29.7. The first-order valence-corrected chi connectivity index (χ1v) is 18.7. The number of hydrogen-bond donors (Lipinski definition) is 2. The van der Waals surface area contributed by atoms with Crippen molar-refractivity contribution in [2.45, 2.75) is 77.3 Å². The van der Waals surface area contributed by atoms with E-state index in [1.54, 1.807) is 35.1 Å². The van der Waals surface area contributed by atoms with Crippen LogP contribution in [0.25, 0.3) is 0 Å². The van der Waals surface area contributed by atoms with Crippen molar-refractivity contribution in [2.75, 3.05) is 49.1 Å². The number of nitrogens with zero attached hydrogens (tertiary/aromatic N) is 6. The summed E-state index contributed by atoms with van der Waals surface area (Å²) in [6.45, 7) is 19.0. The SMILES string of the molecule is CCNCC[C@@H](c1cccs1)N1CC(C)(C)c2ncc(C#N)cc21.CCNCC[C@H](c1cccs1)N1CC(C)(C)c2ncc(C#N)cc21. The minimum Gasteiger partial charge on any atom is -0.361 e. The molecule has 6 rings (SSSR count). The minimum atomic E-state index is -0.00296. The third-order valence-electron chi connectivity index (χ3n) is 9.21. The molecule has 2 N–H and O–H groups in total. The van der Waals surface area contributed by atoms with E-state index in [4.69, 9.17) is 0 Å². The molecule has 0 fully saturated rings. The fourth-order valence-electron chi connectivity index (χ4n) is 6.93. The summed E-state index contributed by atoms with van der Waals surface area (Å²) in [4.78, 5) is 16.9. The molecule has 0 bridgehead atoms. The van der Waals surface area contributed by atoms with Gasteiger partial charge in [-0.05, 0) is 74.0 Å². The lowest BCUT2D eigenvalue weighted by atomic mass is 9.91. The van der Waals surface area contributed by atoms with E-state index >= 15 is 0 Å². The van der Waals surface area contributed by atoms with Crippen LogP contribution in [0.1, 0.15) is 98.7 Å². The molecule has 48 heavy (non-hydrogen) atoms. The van der Waals surface area contributed by atoms with E-state index in [0.717, 1.165) is 74.9 Å². The largest absolute Gasteiger partial charge is 0.361 e. The lowest BCUT2D eigenvalue weighted by Gasteiger charge is -2.31. The lowest BCUT2D eigenvalue weighted by molar-refractivity contribution is 0.490. The summed E-state index contributed by atoms with van der Waals surface area (Å²) in [5.74, 6) is 0. The van der Waals surface area contributed by atoms with Gasteiger partial charge in [0, 0.05) is 46.1 Å². The molecule has 4 aromatic rings. The molecular formula is C38H48N8S2. The highest BCUT2D eigenvalue weighted by Crippen LogP contribution is 2.46. The predicted octanol–water partition coefficient (Wildman–Crippen LogP) is 7.71. The third-order valence-corrected chi connectivity index (χ3v) is 11.2. The van der Waals surface area contributed by atoms with Gasteiger partial charge in [-0.25, -0.2) is 0 Å². The normalized spacial score (nSPS) is 16.7. The van der Waals surface area contributed by atoms with E-state index in [2.05, 4.69) is 119 Å². The van der Waals surface area contributed by atoms with Gasteiger partial charge in [0.1, 0.15) is 12.1 Å². The second-order valence-corrected chi connectivity index (χ2v) is 15.7. The number of hydrogen-bond acceptors (Lipinski definition) is 10. The van der Waals surface area contributed by atoms with Crippen molar-refractivity contribution in [3.63, 3.8) is 0 Å². The van der Waals surface area contributed by atoms with Crippen LogP contribution in [-0.4, -0.2) is 49.2 Å². The van der Waals surface area contributed by atoms with Crippen molar-refractivity contribution in [3.05, 3.63) is 91.8 Å². The highest BCUT2D eigenvalue weighted by Gasteiger charge is 2.41. The number of rotatable bonds is 12. The molecule has 8 nitrogen and oxygen atoms in total. The zero-order valence-corrected chi connectivity index (χ0v) is 30.7. The van der Waals surface area contributed by atoms with E-state index in [0.29, 0.717) is 23.2 Å². The standard InChI is InChI=1S/2C19H24N4S/c2*1-4-21-8-7-15(17-6-5-9-24-17)23-13-19(2,3)18-16(23)10-14(11-20)12-22-18/h2*5-6,9-10,12,15,21H,4,7-8,13H2,1-3H3/t2*15-/m10/s1. The average molecular weight is 681 g/mol. The van der Waals surface area contributed by atoms with Gasteiger partial charge in [-0.2, -0.15) is 10.5 Å². The Kier molecular flexibility index (Phi) is 11.5. The summed E-state index contributed by atoms with van der Waals surface area (Å²) < 4.78 is 0. The third kappa shape index (κ3) is 7.74. The Labute approximate surface area is 294 Å². The van der Waals surface area contributed by atoms with Gasteiger partial charge in [0.15, 0.2) is 0 Å². The Morgan fingerprint density at radius 3 is 1.50 bits per heavy atom. The zero-order chi connectivity index (χ0) is 34.3. The minimum absolute atomic E-state index is 0.00296. The molecule has 0 amide bonds. The summed E-state index contributed by atoms with van der Waals surface area (Å²) >= 11 is 3.61. The molecule has 0 unspecified atom stereocenters. The summed E-state index contributed by atoms with van der Waals surface area (Å²) in [6.07, 6.45) is 5.48. The fraction of sp³-hybridized carbons (Fsp3) is 0.474. The van der Waals surface area contributed by atoms with E-state index in [1.165, 1.54) is 9.75 Å². The predicted molar refractivity (Wildman–Crippen MR) is 199 cm³/mol. The van der Waals surface area contributed by atoms with Gasteiger partial charge in [-0.1, -0.05) is 53.7 Å². The van der Waals surface area contributed by atoms with Crippen LogP contribution in [0.15, 0.2) is 59.6 Å². The van der Waals surface area contributed by atoms with Gasteiger partial charge in [0.05, 0.1) is 46.0 Å². The molecular weight excluding hydrogens is 633 g/mol. The van der Waals surface area contributed by atoms with Crippen LogP contribution in [0.4, 0.5) is 11.4 Å². The lowest BCUT2D eigenvalue weighted by Crippen LogP contribution is -2.33. The van der Waals surface area contributed by atoms with Crippen LogP contribution >= 0.6 is 22.7 Å². The molecule has 2 aliphatic rings. The maximum atomic E-state index is 9.26. The van der Waals surface area contributed by atoms with E-state index in [1.807, 2.05) is 12.1 Å². The molecule has 0 radical (unpaired) electrons. The fourth-order valence-corrected chi connectivity index (χ4v) is 8.68. The maximum absolute atomic E-state index is 9.26. The Morgan fingerprint density at radius 2 is 1.17 bits per heavy atom. The number of thiophene rings is 2. The Morgan fingerprint density at radius 1 is 0.750 bits per heavy atom. The molecule has 2 aliphatic heterocycles. The summed E-state index contributed by atoms with van der Waals surface area (Å²) in [5.41, 5.74) is 5.70. The zero-order valence-electron chi connectivity index (χ0n) is 29.1. The van der Waals surface area contributed by atoms with Gasteiger partial charge in [0.2, 0.25) is 0 Å². The van der Waals surface area contributed by atoms with Crippen molar-refractivity contribution < 1.29 is 0 Å². The van der Waals surface area contributed by atoms with E-state index < -0.39 is 0 Å². The van der Waals surface area contributed by atoms with Gasteiger partial charge in [-0.3, -0.25) is 9.97 Å². The van der Waals surface area contributed by atoms with Crippen molar-refractivity contribution in [2.24, 2.45) is 0 Å². The molecule has 0 spiro atoms. The second-order valence-electron chi connectivity index (χ2n) is 13.8. The molecule has 10 heteroatoms. The van der Waals surface area contributed by atoms with Gasteiger partial charge in [-0.15, -0.1) is 22.7 Å². The quantitative estimate of drug-likeness (QED) is 0.147. The topological polar surface area (TPSA) is 104 Å². The Bertz CT molecular complexity index is 1590. The second kappa shape index (κ2) is 15.6. The van der Waals surface area contributed by atoms with Crippen LogP contribution in [0, 0.1) is 22.7 Å². The number of nitrogens with one attached hydrogen (secondary N) is 2. The number of pyridine rings is 2. The van der Waals surface area contributed by atoms with Gasteiger partial charge < -0.3 is 20.4 Å². The molecule has 0 saturated heterocycles. The molecule has 4 aromatic heterocycles. The molecule has 252 valence electrons. The van der Waals surface area contributed by atoms with Crippen LogP contribution in [-0.2, 0) is 10.8 Å². The number of anilines is 2. The van der Waals surface area contributed by atoms with Crippen molar-refractivity contribution in [1.82, 2.24) is 20.6 Å². The Hall–Kier alpha value is -3.80. The monoisotopic (exact) mass is 680 g/mol. The Balaban J connectivity index is 0.000000188. The van der Waals surface area contributed by atoms with Gasteiger partial charge in [0.25, 0.3) is 0 Å². The summed E-state index contributed by atoms with van der Waals surface area (Å²) in [6, 6.07) is 17.8. The van der Waals surface area contributed by atoms with Crippen LogP contribution < -0.4 is 20.4 Å². The van der Waals surface area contributed by atoms with Crippen LogP contribution in [0.5, 0.6) is 0 Å². The maximum Gasteiger partial charge on any atom is 0.101 e. The summed E-state index contributed by atoms with van der Waals surface area (Å²) in [7, 11) is 0. The molecule has 2 atom stereocenters. The highest BCUT2D eigenvalue weighted by molar-refractivity contribution is 7.10. The van der Waals surface area contributed by atoms with E-state index in [9.17, 15) is 10.5 Å². The van der Waals surface area contributed by atoms with Gasteiger partial charge >= 0.3 is 0 Å². The molecule has 6 heterocycles. The number of aromatic nitrogens is 2. The van der Waals surface area contributed by atoms with Crippen LogP contribution in [0.3, 0.4) is 0 Å². The number of fused-ring (bicyclic) bond motifs is 2. The van der Waals surface area contributed by atoms with Crippen LogP contribution in [0.2, 0.25) is 0 Å². The van der Waals surface area contributed by atoms with E-state index in [-0.39, 0.29) is 10.8 Å². The van der Waals surface area contributed by atoms with Crippen molar-refractivity contribution in [1.29, 1.82) is 10.5 Å². The highest BCUT2D eigenvalue weighted by atomic mass is 32.1. The first kappa shape index (κ1) is 35.5. The average Bonchev–Trinajstić information content (AvgIpc) is 3.89. The molecule has 0 aromatic carbocycles. The smallest absolute Gasteiger partial charge is 0.101 e. The van der Waals surface area contributed by atoms with Crippen molar-refractivity contribution in [3.8, 4) is 12.1 Å². The first-order chi connectivity index (χ1) is 23.1. The molecule has 0 aliphatic carbocycles.